The number of ether oxygens (including phenoxy) is 1. The largest absolute Gasteiger partial charge is 0.469 e. The van der Waals surface area contributed by atoms with E-state index in [0.29, 0.717) is 0 Å². The van der Waals surface area contributed by atoms with Crippen molar-refractivity contribution in [2.75, 3.05) is 20.7 Å². The number of esters is 1. The van der Waals surface area contributed by atoms with Crippen LogP contribution >= 0.6 is 23.2 Å². The van der Waals surface area contributed by atoms with Crippen LogP contribution in [0.4, 0.5) is 0 Å². The Morgan fingerprint density at radius 2 is 2.12 bits per heavy atom. The number of methoxy groups -OCH3 is 1. The van der Waals surface area contributed by atoms with Crippen LogP contribution in [0.3, 0.4) is 0 Å². The first kappa shape index (κ1) is 13.9. The molecule has 0 aliphatic carbocycles. The van der Waals surface area contributed by atoms with E-state index in [1.165, 1.54) is 18.1 Å². The molecular formula is C10H12Cl2N2O3. The highest BCUT2D eigenvalue weighted by atomic mass is 35.5. The third kappa shape index (κ3) is 3.64. The molecule has 0 atom stereocenters. The maximum atomic E-state index is 11.8. The number of H-pyrrole nitrogens is 1. The van der Waals surface area contributed by atoms with Crippen LogP contribution in [0.25, 0.3) is 0 Å². The van der Waals surface area contributed by atoms with Gasteiger partial charge in [-0.1, -0.05) is 23.2 Å². The number of nitrogens with zero attached hydrogens (tertiary/aromatic N) is 1. The summed E-state index contributed by atoms with van der Waals surface area (Å²) in [6.45, 7) is 0.264. The zero-order valence-electron chi connectivity index (χ0n) is 9.42. The molecule has 0 spiro atoms. The van der Waals surface area contributed by atoms with Gasteiger partial charge in [0.15, 0.2) is 0 Å². The first-order valence-corrected chi connectivity index (χ1v) is 5.57. The van der Waals surface area contributed by atoms with Gasteiger partial charge in [0.1, 0.15) is 10.8 Å². The van der Waals surface area contributed by atoms with Gasteiger partial charge < -0.3 is 14.6 Å². The number of hydrogen-bond acceptors (Lipinski definition) is 3. The number of aromatic amines is 1. The highest BCUT2D eigenvalue weighted by Crippen LogP contribution is 2.22. The van der Waals surface area contributed by atoms with Crippen molar-refractivity contribution in [2.45, 2.75) is 6.42 Å². The number of amides is 1. The fourth-order valence-electron chi connectivity index (χ4n) is 1.19. The molecule has 1 amide bonds. The second kappa shape index (κ2) is 5.93. The summed E-state index contributed by atoms with van der Waals surface area (Å²) >= 11 is 11.4. The van der Waals surface area contributed by atoms with Gasteiger partial charge in [-0.05, 0) is 6.07 Å². The molecule has 0 aliphatic rings. The van der Waals surface area contributed by atoms with Crippen LogP contribution in [0, 0.1) is 0 Å². The molecule has 0 aromatic carbocycles. The van der Waals surface area contributed by atoms with Crippen molar-refractivity contribution in [2.24, 2.45) is 0 Å². The van der Waals surface area contributed by atoms with Gasteiger partial charge in [0.05, 0.1) is 18.6 Å². The Labute approximate surface area is 109 Å². The fraction of sp³-hybridized carbons (Fsp3) is 0.400. The fourth-order valence-corrected chi connectivity index (χ4v) is 1.50. The lowest BCUT2D eigenvalue weighted by Crippen LogP contribution is -2.29. The van der Waals surface area contributed by atoms with Crippen molar-refractivity contribution in [3.05, 3.63) is 21.9 Å². The Kier molecular flexibility index (Phi) is 4.84. The molecule has 1 heterocycles. The molecule has 0 bridgehead atoms. The summed E-state index contributed by atoms with van der Waals surface area (Å²) in [7, 11) is 2.88. The first-order chi connectivity index (χ1) is 7.95. The monoisotopic (exact) mass is 278 g/mol. The minimum absolute atomic E-state index is 0.140. The molecule has 7 heteroatoms. The van der Waals surface area contributed by atoms with Crippen LogP contribution in [0.15, 0.2) is 6.07 Å². The Hall–Kier alpha value is -1.20. The molecule has 1 rings (SSSR count). The number of hydrogen-bond donors (Lipinski definition) is 1. The summed E-state index contributed by atoms with van der Waals surface area (Å²) < 4.78 is 4.48. The second-order valence-electron chi connectivity index (χ2n) is 3.40. The van der Waals surface area contributed by atoms with E-state index in [0.717, 1.165) is 0 Å². The van der Waals surface area contributed by atoms with Crippen LogP contribution in [-0.4, -0.2) is 42.5 Å². The topological polar surface area (TPSA) is 62.4 Å². The number of rotatable bonds is 4. The quantitative estimate of drug-likeness (QED) is 0.857. The normalized spacial score (nSPS) is 10.1. The lowest BCUT2D eigenvalue weighted by atomic mass is 10.3. The molecule has 1 aromatic rings. The smallest absolute Gasteiger partial charge is 0.307 e. The number of halogens is 2. The van der Waals surface area contributed by atoms with Gasteiger partial charge in [0.2, 0.25) is 0 Å². The SMILES string of the molecule is COC(=O)CCN(C)C(=O)c1cc(Cl)c(Cl)[nH]1. The zero-order valence-corrected chi connectivity index (χ0v) is 10.9. The van der Waals surface area contributed by atoms with Gasteiger partial charge in [-0.2, -0.15) is 0 Å². The van der Waals surface area contributed by atoms with Crippen LogP contribution in [-0.2, 0) is 9.53 Å². The molecule has 1 N–H and O–H groups in total. The van der Waals surface area contributed by atoms with E-state index in [1.54, 1.807) is 7.05 Å². The summed E-state index contributed by atoms with van der Waals surface area (Å²) in [5.74, 6) is -0.657. The predicted molar refractivity (Wildman–Crippen MR) is 64.4 cm³/mol. The zero-order chi connectivity index (χ0) is 13.0. The van der Waals surface area contributed by atoms with Crippen molar-refractivity contribution in [3.8, 4) is 0 Å². The van der Waals surface area contributed by atoms with Gasteiger partial charge in [0, 0.05) is 13.6 Å². The summed E-state index contributed by atoms with van der Waals surface area (Å²) in [6.07, 6.45) is 0.140. The third-order valence-electron chi connectivity index (χ3n) is 2.18. The maximum absolute atomic E-state index is 11.8. The van der Waals surface area contributed by atoms with Gasteiger partial charge in [0.25, 0.3) is 5.91 Å². The van der Waals surface area contributed by atoms with Gasteiger partial charge in [-0.3, -0.25) is 9.59 Å². The first-order valence-electron chi connectivity index (χ1n) is 4.82. The van der Waals surface area contributed by atoms with E-state index in [2.05, 4.69) is 9.72 Å². The Bertz CT molecular complexity index is 412. The highest BCUT2D eigenvalue weighted by molar-refractivity contribution is 6.41. The van der Waals surface area contributed by atoms with E-state index < -0.39 is 0 Å². The molecule has 0 fully saturated rings. The van der Waals surface area contributed by atoms with E-state index in [-0.39, 0.29) is 40.7 Å². The standard InChI is InChI=1S/C10H12Cl2N2O3/c1-14(4-3-8(15)17-2)10(16)7-5-6(11)9(12)13-7/h5,13H,3-4H2,1-2H3. The van der Waals surface area contributed by atoms with E-state index >= 15 is 0 Å². The molecule has 17 heavy (non-hydrogen) atoms. The van der Waals surface area contributed by atoms with E-state index in [1.807, 2.05) is 0 Å². The summed E-state index contributed by atoms with van der Waals surface area (Å²) in [5.41, 5.74) is 0.285. The van der Waals surface area contributed by atoms with Gasteiger partial charge in [-0.25, -0.2) is 0 Å². The van der Waals surface area contributed by atoms with E-state index in [4.69, 9.17) is 23.2 Å². The van der Waals surface area contributed by atoms with E-state index in [9.17, 15) is 9.59 Å². The summed E-state index contributed by atoms with van der Waals surface area (Å²) in [4.78, 5) is 26.8. The van der Waals surface area contributed by atoms with Crippen molar-refractivity contribution >= 4 is 35.1 Å². The predicted octanol–water partition coefficient (Wildman–Crippen LogP) is 1.96. The number of nitrogens with one attached hydrogen (secondary N) is 1. The summed E-state index contributed by atoms with van der Waals surface area (Å²) in [5, 5.41) is 0.507. The van der Waals surface area contributed by atoms with Gasteiger partial charge in [-0.15, -0.1) is 0 Å². The lowest BCUT2D eigenvalue weighted by Gasteiger charge is -2.15. The molecule has 0 saturated heterocycles. The minimum atomic E-state index is -0.368. The highest BCUT2D eigenvalue weighted by Gasteiger charge is 2.16. The Morgan fingerprint density at radius 1 is 1.47 bits per heavy atom. The van der Waals surface area contributed by atoms with Crippen LogP contribution < -0.4 is 0 Å². The molecule has 0 aliphatic heterocycles. The average Bonchev–Trinajstić information content (AvgIpc) is 2.65. The molecule has 1 aromatic heterocycles. The number of carbonyl (C=O) groups excluding carboxylic acids is 2. The molecule has 5 nitrogen and oxygen atoms in total. The number of carbonyl (C=O) groups is 2. The van der Waals surface area contributed by atoms with Crippen molar-refractivity contribution in [1.29, 1.82) is 0 Å². The minimum Gasteiger partial charge on any atom is -0.469 e. The molecular weight excluding hydrogens is 267 g/mol. The summed E-state index contributed by atoms with van der Waals surface area (Å²) in [6, 6.07) is 1.45. The number of aromatic nitrogens is 1. The average molecular weight is 279 g/mol. The third-order valence-corrected chi connectivity index (χ3v) is 2.87. The molecule has 0 radical (unpaired) electrons. The van der Waals surface area contributed by atoms with Crippen LogP contribution in [0.5, 0.6) is 0 Å². The maximum Gasteiger partial charge on any atom is 0.307 e. The van der Waals surface area contributed by atoms with Crippen LogP contribution in [0.2, 0.25) is 10.2 Å². The van der Waals surface area contributed by atoms with Crippen molar-refractivity contribution < 1.29 is 14.3 Å². The lowest BCUT2D eigenvalue weighted by molar-refractivity contribution is -0.140. The second-order valence-corrected chi connectivity index (χ2v) is 4.18. The Morgan fingerprint density at radius 3 is 2.59 bits per heavy atom. The van der Waals surface area contributed by atoms with Crippen LogP contribution in [0.1, 0.15) is 16.9 Å². The molecule has 94 valence electrons. The molecule has 0 saturated carbocycles. The Balaban J connectivity index is 2.60. The molecule has 0 unspecified atom stereocenters. The van der Waals surface area contributed by atoms with Gasteiger partial charge >= 0.3 is 5.97 Å². The van der Waals surface area contributed by atoms with Crippen molar-refractivity contribution in [1.82, 2.24) is 9.88 Å². The van der Waals surface area contributed by atoms with Crippen molar-refractivity contribution in [3.63, 3.8) is 0 Å².